The van der Waals surface area contributed by atoms with Crippen molar-refractivity contribution < 1.29 is 4.92 Å². The van der Waals surface area contributed by atoms with Crippen LogP contribution in [0.5, 0.6) is 0 Å². The van der Waals surface area contributed by atoms with Crippen molar-refractivity contribution in [1.82, 2.24) is 5.32 Å². The Labute approximate surface area is 113 Å². The Morgan fingerprint density at radius 2 is 2.32 bits per heavy atom. The van der Waals surface area contributed by atoms with Crippen LogP contribution >= 0.6 is 0 Å². The van der Waals surface area contributed by atoms with Gasteiger partial charge < -0.3 is 10.2 Å². The molecule has 104 valence electrons. The molecule has 1 atom stereocenters. The molecule has 1 heterocycles. The third-order valence-electron chi connectivity index (χ3n) is 3.82. The lowest BCUT2D eigenvalue weighted by atomic mass is 9.98. The average molecular weight is 263 g/mol. The van der Waals surface area contributed by atoms with E-state index in [9.17, 15) is 10.1 Å². The van der Waals surface area contributed by atoms with Crippen LogP contribution in [0, 0.1) is 23.0 Å². The largest absolute Gasteiger partial charge is 0.374 e. The minimum Gasteiger partial charge on any atom is -0.374 e. The summed E-state index contributed by atoms with van der Waals surface area (Å²) in [6.45, 7) is 4.91. The molecule has 5 heteroatoms. The van der Waals surface area contributed by atoms with Crippen molar-refractivity contribution in [3.8, 4) is 0 Å². The van der Waals surface area contributed by atoms with Crippen LogP contribution in [0.25, 0.3) is 0 Å². The zero-order chi connectivity index (χ0) is 13.8. The monoisotopic (exact) mass is 263 g/mol. The Bertz CT molecular complexity index is 456. The zero-order valence-corrected chi connectivity index (χ0v) is 11.6. The molecule has 1 aliphatic heterocycles. The molecule has 1 unspecified atom stereocenters. The van der Waals surface area contributed by atoms with Crippen LogP contribution in [-0.4, -0.2) is 31.6 Å². The summed E-state index contributed by atoms with van der Waals surface area (Å²) in [7, 11) is 2.01. The van der Waals surface area contributed by atoms with Crippen molar-refractivity contribution in [3.05, 3.63) is 33.9 Å². The molecule has 1 fully saturated rings. The second-order valence-corrected chi connectivity index (χ2v) is 5.27. The van der Waals surface area contributed by atoms with E-state index >= 15 is 0 Å². The van der Waals surface area contributed by atoms with Crippen molar-refractivity contribution in [2.75, 3.05) is 31.6 Å². The topological polar surface area (TPSA) is 58.4 Å². The van der Waals surface area contributed by atoms with Crippen LogP contribution in [0.3, 0.4) is 0 Å². The third-order valence-corrected chi connectivity index (χ3v) is 3.82. The third kappa shape index (κ3) is 3.23. The number of hydrogen-bond acceptors (Lipinski definition) is 4. The second-order valence-electron chi connectivity index (χ2n) is 5.27. The van der Waals surface area contributed by atoms with Crippen LogP contribution in [0.15, 0.2) is 18.2 Å². The maximum Gasteiger partial charge on any atom is 0.274 e. The molecule has 19 heavy (non-hydrogen) atoms. The lowest BCUT2D eigenvalue weighted by molar-refractivity contribution is -0.385. The highest BCUT2D eigenvalue weighted by Crippen LogP contribution is 2.28. The number of nitro groups is 1. The molecule has 1 saturated heterocycles. The van der Waals surface area contributed by atoms with Crippen LogP contribution in [0.1, 0.15) is 18.4 Å². The Morgan fingerprint density at radius 3 is 2.95 bits per heavy atom. The first kappa shape index (κ1) is 13.8. The van der Waals surface area contributed by atoms with Gasteiger partial charge in [-0.25, -0.2) is 0 Å². The van der Waals surface area contributed by atoms with Gasteiger partial charge >= 0.3 is 0 Å². The first-order valence-electron chi connectivity index (χ1n) is 6.75. The van der Waals surface area contributed by atoms with Gasteiger partial charge in [0.05, 0.1) is 4.92 Å². The number of anilines is 1. The van der Waals surface area contributed by atoms with Crippen LogP contribution in [-0.2, 0) is 0 Å². The lowest BCUT2D eigenvalue weighted by Crippen LogP contribution is -2.37. The molecule has 0 aliphatic carbocycles. The van der Waals surface area contributed by atoms with Gasteiger partial charge in [-0.1, -0.05) is 6.07 Å². The predicted molar refractivity (Wildman–Crippen MR) is 76.7 cm³/mol. The number of nitro benzene ring substituents is 1. The highest BCUT2D eigenvalue weighted by molar-refractivity contribution is 5.61. The molecule has 2 rings (SSSR count). The van der Waals surface area contributed by atoms with E-state index in [1.165, 1.54) is 12.8 Å². The Kier molecular flexibility index (Phi) is 4.37. The first-order chi connectivity index (χ1) is 9.09. The van der Waals surface area contributed by atoms with Crippen molar-refractivity contribution in [3.63, 3.8) is 0 Å². The molecular formula is C14H21N3O2. The summed E-state index contributed by atoms with van der Waals surface area (Å²) in [6, 6.07) is 5.28. The highest BCUT2D eigenvalue weighted by Gasteiger charge is 2.19. The van der Waals surface area contributed by atoms with Gasteiger partial charge in [0, 0.05) is 30.9 Å². The number of hydrogen-bond donors (Lipinski definition) is 1. The molecule has 0 radical (unpaired) electrons. The number of nitrogens with zero attached hydrogens (tertiary/aromatic N) is 2. The summed E-state index contributed by atoms with van der Waals surface area (Å²) in [5.41, 5.74) is 1.91. The number of piperidine rings is 1. The molecule has 0 spiro atoms. The Balaban J connectivity index is 2.12. The van der Waals surface area contributed by atoms with E-state index in [-0.39, 0.29) is 10.6 Å². The maximum atomic E-state index is 11.0. The van der Waals surface area contributed by atoms with Crippen molar-refractivity contribution in [2.45, 2.75) is 19.8 Å². The van der Waals surface area contributed by atoms with E-state index < -0.39 is 0 Å². The molecular weight excluding hydrogens is 242 g/mol. The smallest absolute Gasteiger partial charge is 0.274 e. The predicted octanol–water partition coefficient (Wildman–Crippen LogP) is 2.34. The summed E-state index contributed by atoms with van der Waals surface area (Å²) >= 11 is 0. The molecule has 0 amide bonds. The Morgan fingerprint density at radius 1 is 1.53 bits per heavy atom. The zero-order valence-electron chi connectivity index (χ0n) is 11.6. The highest BCUT2D eigenvalue weighted by atomic mass is 16.6. The minimum absolute atomic E-state index is 0.200. The summed E-state index contributed by atoms with van der Waals surface area (Å²) in [5.74, 6) is 0.623. The molecule has 0 bridgehead atoms. The second kappa shape index (κ2) is 6.02. The van der Waals surface area contributed by atoms with Crippen molar-refractivity contribution >= 4 is 11.4 Å². The molecule has 1 aromatic rings. The van der Waals surface area contributed by atoms with Gasteiger partial charge in [0.25, 0.3) is 5.69 Å². The van der Waals surface area contributed by atoms with Crippen molar-refractivity contribution in [1.29, 1.82) is 0 Å². The quantitative estimate of drug-likeness (QED) is 0.669. The van der Waals surface area contributed by atoms with Crippen LogP contribution in [0.4, 0.5) is 11.4 Å². The van der Waals surface area contributed by atoms with Gasteiger partial charge in [-0.3, -0.25) is 10.1 Å². The van der Waals surface area contributed by atoms with Gasteiger partial charge in [0.15, 0.2) is 0 Å². The van der Waals surface area contributed by atoms with E-state index in [1.54, 1.807) is 12.1 Å². The molecule has 1 aromatic carbocycles. The van der Waals surface area contributed by atoms with E-state index in [1.807, 2.05) is 20.0 Å². The van der Waals surface area contributed by atoms with Gasteiger partial charge in [-0.05, 0) is 44.8 Å². The summed E-state index contributed by atoms with van der Waals surface area (Å²) in [5, 5.41) is 14.4. The fourth-order valence-electron chi connectivity index (χ4n) is 2.79. The van der Waals surface area contributed by atoms with E-state index in [0.29, 0.717) is 5.92 Å². The number of nitrogens with one attached hydrogen (secondary N) is 1. The summed E-state index contributed by atoms with van der Waals surface area (Å²) in [4.78, 5) is 12.8. The standard InChI is InChI=1S/C14H21N3O2/c1-11-13(6-3-7-14(11)17(18)19)16(2)10-12-5-4-8-15-9-12/h3,6-7,12,15H,4-5,8-10H2,1-2H3. The maximum absolute atomic E-state index is 11.0. The van der Waals surface area contributed by atoms with Gasteiger partial charge in [0.2, 0.25) is 0 Å². The van der Waals surface area contributed by atoms with Crippen LogP contribution < -0.4 is 10.2 Å². The lowest BCUT2D eigenvalue weighted by Gasteiger charge is -2.29. The average Bonchev–Trinajstić information content (AvgIpc) is 2.39. The molecule has 5 nitrogen and oxygen atoms in total. The van der Waals surface area contributed by atoms with Crippen molar-refractivity contribution in [2.24, 2.45) is 5.92 Å². The summed E-state index contributed by atoms with van der Waals surface area (Å²) in [6.07, 6.45) is 2.44. The molecule has 1 aliphatic rings. The summed E-state index contributed by atoms with van der Waals surface area (Å²) < 4.78 is 0. The van der Waals surface area contributed by atoms with E-state index in [0.717, 1.165) is 30.9 Å². The normalized spacial score (nSPS) is 19.2. The van der Waals surface area contributed by atoms with Gasteiger partial charge in [-0.15, -0.1) is 0 Å². The van der Waals surface area contributed by atoms with Gasteiger partial charge in [-0.2, -0.15) is 0 Å². The van der Waals surface area contributed by atoms with E-state index in [2.05, 4.69) is 10.2 Å². The fourth-order valence-corrected chi connectivity index (χ4v) is 2.79. The SMILES string of the molecule is Cc1c(N(C)CC2CCCNC2)cccc1[N+](=O)[O-]. The fraction of sp³-hybridized carbons (Fsp3) is 0.571. The molecule has 1 N–H and O–H groups in total. The van der Waals surface area contributed by atoms with Crippen LogP contribution in [0.2, 0.25) is 0 Å². The van der Waals surface area contributed by atoms with E-state index in [4.69, 9.17) is 0 Å². The number of benzene rings is 1. The minimum atomic E-state index is -0.311. The van der Waals surface area contributed by atoms with Gasteiger partial charge in [0.1, 0.15) is 0 Å². The molecule has 0 saturated carbocycles. The Hall–Kier alpha value is -1.62. The number of rotatable bonds is 4. The molecule has 0 aromatic heterocycles. The first-order valence-corrected chi connectivity index (χ1v) is 6.75.